The molecule has 1 aromatic carbocycles. The molecule has 2 N–H and O–H groups in total. The first kappa shape index (κ1) is 16.2. The molecule has 1 aliphatic heterocycles. The lowest BCUT2D eigenvalue weighted by Gasteiger charge is -2.37. The van der Waals surface area contributed by atoms with Crippen molar-refractivity contribution < 1.29 is 14.8 Å². The van der Waals surface area contributed by atoms with Crippen LogP contribution in [0.25, 0.3) is 0 Å². The van der Waals surface area contributed by atoms with Crippen LogP contribution < -0.4 is 5.32 Å². The second-order valence-electron chi connectivity index (χ2n) is 5.65. The average molecular weight is 307 g/mol. The SMILES string of the molecule is CC1CCC(CO)CN1C(=O)CNc1ccccc1[N+](=O)[O-]. The number of nitro groups is 1. The highest BCUT2D eigenvalue weighted by Gasteiger charge is 2.28. The summed E-state index contributed by atoms with van der Waals surface area (Å²) in [6, 6.07) is 6.39. The molecule has 1 fully saturated rings. The number of amides is 1. The summed E-state index contributed by atoms with van der Waals surface area (Å²) in [5.74, 6) is 0.00927. The molecular weight excluding hydrogens is 286 g/mol. The third-order valence-electron chi connectivity index (χ3n) is 4.09. The van der Waals surface area contributed by atoms with E-state index in [1.165, 1.54) is 6.07 Å². The van der Waals surface area contributed by atoms with Gasteiger partial charge in [0.15, 0.2) is 0 Å². The van der Waals surface area contributed by atoms with Gasteiger partial charge in [-0.1, -0.05) is 12.1 Å². The Kier molecular flexibility index (Phi) is 5.32. The van der Waals surface area contributed by atoms with Crippen molar-refractivity contribution >= 4 is 17.3 Å². The molecular formula is C15H21N3O4. The Morgan fingerprint density at radius 1 is 1.45 bits per heavy atom. The molecule has 0 spiro atoms. The van der Waals surface area contributed by atoms with E-state index in [2.05, 4.69) is 5.32 Å². The minimum Gasteiger partial charge on any atom is -0.396 e. The van der Waals surface area contributed by atoms with Gasteiger partial charge in [-0.05, 0) is 31.7 Å². The van der Waals surface area contributed by atoms with Crippen LogP contribution in [0.3, 0.4) is 0 Å². The fraction of sp³-hybridized carbons (Fsp3) is 0.533. The Morgan fingerprint density at radius 3 is 2.86 bits per heavy atom. The molecule has 7 heteroatoms. The first-order valence-corrected chi connectivity index (χ1v) is 7.40. The lowest BCUT2D eigenvalue weighted by molar-refractivity contribution is -0.383. The van der Waals surface area contributed by atoms with Gasteiger partial charge >= 0.3 is 0 Å². The number of nitro benzene ring substituents is 1. The molecule has 7 nitrogen and oxygen atoms in total. The predicted octanol–water partition coefficient (Wildman–Crippen LogP) is 1.63. The second kappa shape index (κ2) is 7.22. The molecule has 2 atom stereocenters. The van der Waals surface area contributed by atoms with Crippen LogP contribution in [0, 0.1) is 16.0 Å². The zero-order valence-corrected chi connectivity index (χ0v) is 12.6. The number of aliphatic hydroxyl groups excluding tert-OH is 1. The molecule has 2 rings (SSSR count). The van der Waals surface area contributed by atoms with Crippen LogP contribution in [0.2, 0.25) is 0 Å². The molecule has 0 bridgehead atoms. The van der Waals surface area contributed by atoms with Gasteiger partial charge in [-0.25, -0.2) is 0 Å². The number of piperidine rings is 1. The van der Waals surface area contributed by atoms with Crippen LogP contribution >= 0.6 is 0 Å². The molecule has 22 heavy (non-hydrogen) atoms. The number of carbonyl (C=O) groups excluding carboxylic acids is 1. The monoisotopic (exact) mass is 307 g/mol. The van der Waals surface area contributed by atoms with Crippen LogP contribution in [0.15, 0.2) is 24.3 Å². The molecule has 0 aliphatic carbocycles. The highest BCUT2D eigenvalue weighted by Crippen LogP contribution is 2.24. The number of nitrogens with one attached hydrogen (secondary N) is 1. The topological polar surface area (TPSA) is 95.7 Å². The Labute approximate surface area is 129 Å². The molecule has 1 saturated heterocycles. The van der Waals surface area contributed by atoms with Crippen molar-refractivity contribution in [3.05, 3.63) is 34.4 Å². The normalized spacial score (nSPS) is 21.5. The van der Waals surface area contributed by atoms with Gasteiger partial charge in [-0.2, -0.15) is 0 Å². The highest BCUT2D eigenvalue weighted by atomic mass is 16.6. The number of hydrogen-bond donors (Lipinski definition) is 2. The highest BCUT2D eigenvalue weighted by molar-refractivity contribution is 5.82. The van der Waals surface area contributed by atoms with Crippen molar-refractivity contribution in [1.29, 1.82) is 0 Å². The lowest BCUT2D eigenvalue weighted by Crippen LogP contribution is -2.48. The fourth-order valence-electron chi connectivity index (χ4n) is 2.73. The summed E-state index contributed by atoms with van der Waals surface area (Å²) in [5.41, 5.74) is 0.291. The van der Waals surface area contributed by atoms with E-state index in [0.29, 0.717) is 12.2 Å². The maximum atomic E-state index is 12.3. The second-order valence-corrected chi connectivity index (χ2v) is 5.65. The van der Waals surface area contributed by atoms with Gasteiger partial charge in [0.1, 0.15) is 5.69 Å². The van der Waals surface area contributed by atoms with Gasteiger partial charge in [0, 0.05) is 25.3 Å². The molecule has 1 aliphatic rings. The average Bonchev–Trinajstić information content (AvgIpc) is 2.53. The number of rotatable bonds is 5. The predicted molar refractivity (Wildman–Crippen MR) is 82.6 cm³/mol. The largest absolute Gasteiger partial charge is 0.396 e. The molecule has 1 heterocycles. The fourth-order valence-corrected chi connectivity index (χ4v) is 2.73. The lowest BCUT2D eigenvalue weighted by atomic mass is 9.94. The summed E-state index contributed by atoms with van der Waals surface area (Å²) in [6.07, 6.45) is 1.78. The minimum absolute atomic E-state index is 0.00728. The van der Waals surface area contributed by atoms with Crippen LogP contribution in [-0.4, -0.2) is 46.6 Å². The van der Waals surface area contributed by atoms with E-state index < -0.39 is 4.92 Å². The summed E-state index contributed by atoms with van der Waals surface area (Å²) >= 11 is 0. The quantitative estimate of drug-likeness (QED) is 0.636. The summed E-state index contributed by atoms with van der Waals surface area (Å²) in [7, 11) is 0. The number of para-hydroxylation sites is 2. The van der Waals surface area contributed by atoms with Crippen molar-refractivity contribution in [3.63, 3.8) is 0 Å². The van der Waals surface area contributed by atoms with E-state index in [4.69, 9.17) is 0 Å². The summed E-state index contributed by atoms with van der Waals surface area (Å²) in [6.45, 7) is 2.60. The van der Waals surface area contributed by atoms with Crippen molar-refractivity contribution in [3.8, 4) is 0 Å². The molecule has 2 unspecified atom stereocenters. The Morgan fingerprint density at radius 2 is 2.18 bits per heavy atom. The van der Waals surface area contributed by atoms with Gasteiger partial charge in [0.05, 0.1) is 11.5 Å². The first-order chi connectivity index (χ1) is 10.5. The first-order valence-electron chi connectivity index (χ1n) is 7.40. The number of likely N-dealkylation sites (tertiary alicyclic amines) is 1. The number of aliphatic hydroxyl groups is 1. The van der Waals surface area contributed by atoms with Gasteiger partial charge in [0.2, 0.25) is 5.91 Å². The minimum atomic E-state index is -0.474. The van der Waals surface area contributed by atoms with Crippen LogP contribution in [0.1, 0.15) is 19.8 Å². The van der Waals surface area contributed by atoms with E-state index in [1.807, 2.05) is 6.92 Å². The van der Waals surface area contributed by atoms with E-state index in [1.54, 1.807) is 23.1 Å². The van der Waals surface area contributed by atoms with E-state index in [9.17, 15) is 20.0 Å². The van der Waals surface area contributed by atoms with E-state index in [-0.39, 0.29) is 36.7 Å². The number of nitrogens with zero attached hydrogens (tertiary/aromatic N) is 2. The van der Waals surface area contributed by atoms with E-state index >= 15 is 0 Å². The third kappa shape index (κ3) is 3.73. The number of carbonyl (C=O) groups is 1. The van der Waals surface area contributed by atoms with Crippen LogP contribution in [-0.2, 0) is 4.79 Å². The van der Waals surface area contributed by atoms with Crippen molar-refractivity contribution in [2.24, 2.45) is 5.92 Å². The van der Waals surface area contributed by atoms with Gasteiger partial charge < -0.3 is 15.3 Å². The van der Waals surface area contributed by atoms with Crippen molar-refractivity contribution in [2.45, 2.75) is 25.8 Å². The molecule has 1 amide bonds. The molecule has 120 valence electrons. The molecule has 0 saturated carbocycles. The summed E-state index contributed by atoms with van der Waals surface area (Å²) in [4.78, 5) is 24.5. The Balaban J connectivity index is 1.99. The number of anilines is 1. The molecule has 0 radical (unpaired) electrons. The van der Waals surface area contributed by atoms with Gasteiger partial charge in [0.25, 0.3) is 5.69 Å². The van der Waals surface area contributed by atoms with Gasteiger partial charge in [-0.15, -0.1) is 0 Å². The van der Waals surface area contributed by atoms with Crippen LogP contribution in [0.5, 0.6) is 0 Å². The van der Waals surface area contributed by atoms with Crippen LogP contribution in [0.4, 0.5) is 11.4 Å². The summed E-state index contributed by atoms with van der Waals surface area (Å²) < 4.78 is 0. The zero-order chi connectivity index (χ0) is 16.1. The maximum Gasteiger partial charge on any atom is 0.292 e. The van der Waals surface area contributed by atoms with Crippen molar-refractivity contribution in [2.75, 3.05) is 25.0 Å². The standard InChI is InChI=1S/C15H21N3O4/c1-11-6-7-12(10-19)9-17(11)15(20)8-16-13-4-2-3-5-14(13)18(21)22/h2-5,11-12,16,19H,6-10H2,1H3. The maximum absolute atomic E-state index is 12.3. The molecule has 1 aromatic rings. The number of hydrogen-bond acceptors (Lipinski definition) is 5. The van der Waals surface area contributed by atoms with Gasteiger partial charge in [-0.3, -0.25) is 14.9 Å². The summed E-state index contributed by atoms with van der Waals surface area (Å²) in [5, 5.41) is 23.0. The number of benzene rings is 1. The zero-order valence-electron chi connectivity index (χ0n) is 12.6. The third-order valence-corrected chi connectivity index (χ3v) is 4.09. The Bertz CT molecular complexity index is 549. The van der Waals surface area contributed by atoms with Crippen molar-refractivity contribution in [1.82, 2.24) is 4.90 Å². The van der Waals surface area contributed by atoms with E-state index in [0.717, 1.165) is 12.8 Å². The smallest absolute Gasteiger partial charge is 0.292 e. The Hall–Kier alpha value is -2.15. The molecule has 0 aromatic heterocycles.